The Morgan fingerprint density at radius 3 is 2.28 bits per heavy atom. The first-order chi connectivity index (χ1) is 17.0. The fourth-order valence-corrected chi connectivity index (χ4v) is 5.51. The molecule has 0 bridgehead atoms. The van der Waals surface area contributed by atoms with E-state index in [9.17, 15) is 18.0 Å². The van der Waals surface area contributed by atoms with Gasteiger partial charge in [-0.2, -0.15) is 13.2 Å². The largest absolute Gasteiger partial charge is 0.417 e. The first-order valence-electron chi connectivity index (χ1n) is 11.9. The van der Waals surface area contributed by atoms with Crippen LogP contribution in [0.1, 0.15) is 62.4 Å². The molecule has 0 fully saturated rings. The van der Waals surface area contributed by atoms with Gasteiger partial charge in [0.05, 0.1) is 11.3 Å². The van der Waals surface area contributed by atoms with E-state index in [0.29, 0.717) is 10.9 Å². The van der Waals surface area contributed by atoms with Gasteiger partial charge in [0.15, 0.2) is 5.16 Å². The lowest BCUT2D eigenvalue weighted by molar-refractivity contribution is -0.138. The molecule has 2 heterocycles. The number of nitrogens with zero attached hydrogens (tertiary/aromatic N) is 4. The number of hydrogen-bond donors (Lipinski definition) is 0. The van der Waals surface area contributed by atoms with Crippen LogP contribution in [0.3, 0.4) is 0 Å². The van der Waals surface area contributed by atoms with Crippen LogP contribution in [-0.2, 0) is 30.2 Å². The lowest BCUT2D eigenvalue weighted by Crippen LogP contribution is -2.23. The Balaban J connectivity index is 1.75. The third-order valence-corrected chi connectivity index (χ3v) is 7.27. The summed E-state index contributed by atoms with van der Waals surface area (Å²) in [5.41, 5.74) is 1.81. The molecular weight excluding hydrogens is 485 g/mol. The summed E-state index contributed by atoms with van der Waals surface area (Å²) in [5, 5.41) is 8.84. The number of aryl methyl sites for hydroxylation is 1. The summed E-state index contributed by atoms with van der Waals surface area (Å²) in [6, 6.07) is 11.2. The van der Waals surface area contributed by atoms with E-state index in [1.54, 1.807) is 30.5 Å². The summed E-state index contributed by atoms with van der Waals surface area (Å²) in [6.07, 6.45) is -1.00. The maximum Gasteiger partial charge on any atom is 0.417 e. The molecule has 0 N–H and O–H groups in total. The summed E-state index contributed by atoms with van der Waals surface area (Å²) in [5.74, 6) is 0.644. The fourth-order valence-electron chi connectivity index (χ4n) is 4.59. The summed E-state index contributed by atoms with van der Waals surface area (Å²) in [6.45, 7) is 9.84. The molecule has 0 saturated carbocycles. The Labute approximate surface area is 212 Å². The van der Waals surface area contributed by atoms with Gasteiger partial charge in [-0.1, -0.05) is 76.7 Å². The van der Waals surface area contributed by atoms with Crippen LogP contribution in [0, 0.1) is 0 Å². The first-order valence-corrected chi connectivity index (χ1v) is 12.9. The topological polar surface area (TPSA) is 52.2 Å². The van der Waals surface area contributed by atoms with E-state index in [-0.39, 0.29) is 40.7 Å². The predicted molar refractivity (Wildman–Crippen MR) is 137 cm³/mol. The number of benzene rings is 2. The molecule has 0 aliphatic heterocycles. The number of thioether (sulfide) groups is 1. The van der Waals surface area contributed by atoms with Crippen molar-refractivity contribution >= 4 is 17.4 Å². The number of rotatable bonds is 6. The highest BCUT2D eigenvalue weighted by Gasteiger charge is 2.36. The number of hydrogen-bond acceptors (Lipinski definition) is 4. The van der Waals surface area contributed by atoms with Gasteiger partial charge in [0.1, 0.15) is 0 Å². The Morgan fingerprint density at radius 2 is 1.64 bits per heavy atom. The molecule has 9 heteroatoms. The van der Waals surface area contributed by atoms with Crippen molar-refractivity contribution < 1.29 is 13.2 Å². The molecule has 2 aromatic carbocycles. The smallest absolute Gasteiger partial charge is 0.279 e. The second-order valence-electron chi connectivity index (χ2n) is 9.65. The van der Waals surface area contributed by atoms with Crippen molar-refractivity contribution in [2.75, 3.05) is 0 Å². The highest BCUT2D eigenvalue weighted by atomic mass is 32.2. The number of fused-ring (bicyclic) bond motifs is 1. The van der Waals surface area contributed by atoms with Crippen LogP contribution in [-0.4, -0.2) is 19.2 Å². The highest BCUT2D eigenvalue weighted by Crippen LogP contribution is 2.38. The maximum atomic E-state index is 13.9. The van der Waals surface area contributed by atoms with Gasteiger partial charge in [-0.3, -0.25) is 13.8 Å². The van der Waals surface area contributed by atoms with Gasteiger partial charge in [0.25, 0.3) is 0 Å². The summed E-state index contributed by atoms with van der Waals surface area (Å²) in [4.78, 5) is 13.3. The molecule has 4 rings (SSSR count). The van der Waals surface area contributed by atoms with Crippen LogP contribution < -0.4 is 5.56 Å². The molecule has 0 amide bonds. The Hall–Kier alpha value is -3.07. The summed E-state index contributed by atoms with van der Waals surface area (Å²) < 4.78 is 44.7. The van der Waals surface area contributed by atoms with Crippen LogP contribution in [0.5, 0.6) is 0 Å². The van der Waals surface area contributed by atoms with Crippen LogP contribution in [0.15, 0.2) is 58.7 Å². The standard InChI is InChI=1S/C27H29F3N4OS/c1-6-17-12-13-21(19(7-2)22(17)27(28,29)30)33-14-15-34-23(24(33)35)31-32-25(34)36-16-18-10-8-9-11-20(18)26(3,4)5/h8-15H,6-7,16H2,1-5H3. The number of halogens is 3. The Kier molecular flexibility index (Phi) is 7.05. The van der Waals surface area contributed by atoms with Crippen LogP contribution >= 0.6 is 11.8 Å². The van der Waals surface area contributed by atoms with Gasteiger partial charge in [0.2, 0.25) is 5.65 Å². The number of aromatic nitrogens is 4. The van der Waals surface area contributed by atoms with Crippen molar-refractivity contribution in [3.05, 3.63) is 87.0 Å². The van der Waals surface area contributed by atoms with Crippen molar-refractivity contribution in [2.24, 2.45) is 0 Å². The lowest BCUT2D eigenvalue weighted by Gasteiger charge is -2.22. The molecule has 4 aromatic rings. The minimum atomic E-state index is -4.51. The van der Waals surface area contributed by atoms with Crippen molar-refractivity contribution in [1.82, 2.24) is 19.2 Å². The van der Waals surface area contributed by atoms with Crippen LogP contribution in [0.25, 0.3) is 11.3 Å². The molecule has 190 valence electrons. The molecule has 0 atom stereocenters. The molecule has 36 heavy (non-hydrogen) atoms. The highest BCUT2D eigenvalue weighted by molar-refractivity contribution is 7.98. The van der Waals surface area contributed by atoms with Crippen molar-refractivity contribution in [3.8, 4) is 5.69 Å². The van der Waals surface area contributed by atoms with Crippen molar-refractivity contribution in [1.29, 1.82) is 0 Å². The third-order valence-electron chi connectivity index (χ3n) is 6.27. The maximum absolute atomic E-state index is 13.9. The molecule has 0 spiro atoms. The van der Waals surface area contributed by atoms with E-state index >= 15 is 0 Å². The fraction of sp³-hybridized carbons (Fsp3) is 0.370. The SMILES string of the molecule is CCc1ccc(-n2ccn3c(SCc4ccccc4C(C)(C)C)nnc3c2=O)c(CC)c1C(F)(F)F. The molecule has 0 unspecified atom stereocenters. The summed E-state index contributed by atoms with van der Waals surface area (Å²) in [7, 11) is 0. The van der Waals surface area contributed by atoms with Gasteiger partial charge in [-0.25, -0.2) is 0 Å². The second-order valence-corrected chi connectivity index (χ2v) is 10.6. The lowest BCUT2D eigenvalue weighted by atomic mass is 9.84. The van der Waals surface area contributed by atoms with Crippen molar-refractivity contribution in [3.63, 3.8) is 0 Å². The first kappa shape index (κ1) is 26.0. The van der Waals surface area contributed by atoms with E-state index in [1.165, 1.54) is 39.7 Å². The third kappa shape index (κ3) is 4.81. The van der Waals surface area contributed by atoms with E-state index in [0.717, 1.165) is 0 Å². The average Bonchev–Trinajstić information content (AvgIpc) is 3.25. The zero-order valence-electron chi connectivity index (χ0n) is 21.0. The second kappa shape index (κ2) is 9.76. The van der Waals surface area contributed by atoms with Crippen LogP contribution in [0.4, 0.5) is 13.2 Å². The van der Waals surface area contributed by atoms with Gasteiger partial charge in [-0.15, -0.1) is 10.2 Å². The normalized spacial score (nSPS) is 12.4. The Bertz CT molecular complexity index is 1460. The molecular formula is C27H29F3N4OS. The molecule has 2 aromatic heterocycles. The predicted octanol–water partition coefficient (Wildman–Crippen LogP) is 6.61. The zero-order chi connectivity index (χ0) is 26.3. The molecule has 0 aliphatic rings. The van der Waals surface area contributed by atoms with E-state index in [2.05, 4.69) is 43.1 Å². The minimum absolute atomic E-state index is 0.0165. The zero-order valence-corrected chi connectivity index (χ0v) is 21.8. The van der Waals surface area contributed by atoms with Crippen molar-refractivity contribution in [2.45, 2.75) is 70.0 Å². The molecule has 0 aliphatic carbocycles. The Morgan fingerprint density at radius 1 is 0.917 bits per heavy atom. The number of alkyl halides is 3. The van der Waals surface area contributed by atoms with Gasteiger partial charge in [-0.05, 0) is 46.6 Å². The molecule has 0 saturated heterocycles. The van der Waals surface area contributed by atoms with E-state index < -0.39 is 17.3 Å². The summed E-state index contributed by atoms with van der Waals surface area (Å²) >= 11 is 1.46. The van der Waals surface area contributed by atoms with Gasteiger partial charge >= 0.3 is 11.7 Å². The minimum Gasteiger partial charge on any atom is -0.279 e. The molecule has 0 radical (unpaired) electrons. The monoisotopic (exact) mass is 514 g/mol. The van der Waals surface area contributed by atoms with Gasteiger partial charge in [0, 0.05) is 18.1 Å². The van der Waals surface area contributed by atoms with E-state index in [1.807, 2.05) is 12.1 Å². The van der Waals surface area contributed by atoms with Crippen LogP contribution in [0.2, 0.25) is 0 Å². The van der Waals surface area contributed by atoms with E-state index in [4.69, 9.17) is 0 Å². The quantitative estimate of drug-likeness (QED) is 0.272. The molecule has 5 nitrogen and oxygen atoms in total. The average molecular weight is 515 g/mol. The van der Waals surface area contributed by atoms with Gasteiger partial charge < -0.3 is 0 Å².